The number of nitrogens with one attached hydrogen (secondary N) is 1. The number of rotatable bonds is 3. The fourth-order valence-corrected chi connectivity index (χ4v) is 1.58. The van der Waals surface area contributed by atoms with Crippen LogP contribution < -0.4 is 15.5 Å². The third-order valence-corrected chi connectivity index (χ3v) is 2.56. The Morgan fingerprint density at radius 1 is 1.28 bits per heavy atom. The van der Waals surface area contributed by atoms with Gasteiger partial charge in [-0.1, -0.05) is 0 Å². The molecule has 5 heteroatoms. The van der Waals surface area contributed by atoms with Crippen LogP contribution >= 0.6 is 0 Å². The van der Waals surface area contributed by atoms with Gasteiger partial charge in [0.05, 0.1) is 5.71 Å². The number of nitrogens with zero attached hydrogens (tertiary/aromatic N) is 1. The van der Waals surface area contributed by atoms with E-state index in [-0.39, 0.29) is 0 Å². The van der Waals surface area contributed by atoms with Crippen LogP contribution in [0.5, 0.6) is 5.75 Å². The standard InChI is InChI=1S/C13H14N3O2/c1-16(17)10-3-5-11(6-4-10)18-13-7-2-9(14)8-12(13)15/h2-7,15H,8,14H2,1H3/q-1. The number of benzene rings is 1. The van der Waals surface area contributed by atoms with Gasteiger partial charge in [-0.2, -0.15) is 0 Å². The highest BCUT2D eigenvalue weighted by atomic mass is 16.5. The van der Waals surface area contributed by atoms with E-state index < -0.39 is 0 Å². The molecule has 1 aromatic carbocycles. The van der Waals surface area contributed by atoms with Crippen LogP contribution in [0.3, 0.4) is 0 Å². The number of nitrogens with two attached hydrogens (primary N) is 1. The second-order valence-electron chi connectivity index (χ2n) is 4.02. The van der Waals surface area contributed by atoms with Gasteiger partial charge >= 0.3 is 0 Å². The van der Waals surface area contributed by atoms with E-state index in [1.165, 1.54) is 7.05 Å². The molecular weight excluding hydrogens is 230 g/mol. The molecule has 94 valence electrons. The fourth-order valence-electron chi connectivity index (χ4n) is 1.58. The van der Waals surface area contributed by atoms with Crippen LogP contribution in [-0.2, 0) is 0 Å². The average molecular weight is 244 g/mol. The molecule has 0 heterocycles. The molecule has 0 saturated heterocycles. The molecule has 0 spiro atoms. The minimum atomic E-state index is 0.347. The van der Waals surface area contributed by atoms with Crippen LogP contribution in [0.25, 0.3) is 0 Å². The predicted octanol–water partition coefficient (Wildman–Crippen LogP) is 2.15. The molecule has 1 aliphatic rings. The molecule has 3 N–H and O–H groups in total. The molecule has 0 saturated carbocycles. The summed E-state index contributed by atoms with van der Waals surface area (Å²) in [6.07, 6.45) is 3.80. The molecule has 2 rings (SSSR count). The lowest BCUT2D eigenvalue weighted by Crippen LogP contribution is -2.15. The van der Waals surface area contributed by atoms with Gasteiger partial charge in [-0.05, 0) is 43.5 Å². The highest BCUT2D eigenvalue weighted by Gasteiger charge is 2.12. The summed E-state index contributed by atoms with van der Waals surface area (Å²) in [5.41, 5.74) is 7.16. The molecule has 0 radical (unpaired) electrons. The summed E-state index contributed by atoms with van der Waals surface area (Å²) in [6.45, 7) is 0. The van der Waals surface area contributed by atoms with Crippen LogP contribution in [0.1, 0.15) is 6.42 Å². The van der Waals surface area contributed by atoms with Crippen molar-refractivity contribution in [3.63, 3.8) is 0 Å². The van der Waals surface area contributed by atoms with E-state index in [9.17, 15) is 5.21 Å². The molecule has 0 fully saturated rings. The average Bonchev–Trinajstić information content (AvgIpc) is 2.33. The summed E-state index contributed by atoms with van der Waals surface area (Å²) in [5.74, 6) is 1.07. The van der Waals surface area contributed by atoms with E-state index in [0.29, 0.717) is 35.0 Å². The van der Waals surface area contributed by atoms with E-state index in [1.54, 1.807) is 36.4 Å². The summed E-state index contributed by atoms with van der Waals surface area (Å²) in [5, 5.41) is 19.6. The molecular formula is C13H14N3O2-. The highest BCUT2D eigenvalue weighted by Crippen LogP contribution is 2.22. The molecule has 1 aromatic rings. The van der Waals surface area contributed by atoms with Crippen LogP contribution in [0.2, 0.25) is 0 Å². The molecule has 1 aliphatic carbocycles. The summed E-state index contributed by atoms with van der Waals surface area (Å²) in [7, 11) is 1.43. The van der Waals surface area contributed by atoms with Gasteiger partial charge in [0.15, 0.2) is 0 Å². The minimum Gasteiger partial charge on any atom is -0.758 e. The van der Waals surface area contributed by atoms with Crippen molar-refractivity contribution in [1.29, 1.82) is 5.41 Å². The number of hydroxylamine groups is 1. The van der Waals surface area contributed by atoms with Gasteiger partial charge in [0, 0.05) is 17.8 Å². The molecule has 0 aromatic heterocycles. The molecule has 0 unspecified atom stereocenters. The first-order chi connectivity index (χ1) is 8.56. The van der Waals surface area contributed by atoms with Crippen molar-refractivity contribution < 1.29 is 4.74 Å². The van der Waals surface area contributed by atoms with E-state index in [4.69, 9.17) is 15.9 Å². The number of ether oxygens (including phenoxy) is 1. The Labute approximate surface area is 105 Å². The molecule has 0 atom stereocenters. The lowest BCUT2D eigenvalue weighted by molar-refractivity contribution is 0.451. The van der Waals surface area contributed by atoms with Gasteiger partial charge in [-0.15, -0.1) is 0 Å². The van der Waals surface area contributed by atoms with Crippen molar-refractivity contribution in [3.8, 4) is 5.75 Å². The summed E-state index contributed by atoms with van der Waals surface area (Å²) in [4.78, 5) is 0. The normalized spacial score (nSPS) is 14.9. The Morgan fingerprint density at radius 3 is 2.50 bits per heavy atom. The van der Waals surface area contributed by atoms with Crippen molar-refractivity contribution in [3.05, 3.63) is 53.1 Å². The second kappa shape index (κ2) is 4.93. The second-order valence-corrected chi connectivity index (χ2v) is 4.02. The van der Waals surface area contributed by atoms with Crippen molar-refractivity contribution in [2.75, 3.05) is 12.1 Å². The first-order valence-corrected chi connectivity index (χ1v) is 5.49. The van der Waals surface area contributed by atoms with Crippen LogP contribution in [0.15, 0.2) is 47.9 Å². The van der Waals surface area contributed by atoms with E-state index in [1.807, 2.05) is 0 Å². The zero-order chi connectivity index (χ0) is 13.1. The van der Waals surface area contributed by atoms with Gasteiger partial charge < -0.3 is 26.2 Å². The van der Waals surface area contributed by atoms with Gasteiger partial charge in [0.25, 0.3) is 0 Å². The monoisotopic (exact) mass is 244 g/mol. The zero-order valence-corrected chi connectivity index (χ0v) is 10.0. The maximum Gasteiger partial charge on any atom is 0.148 e. The topological polar surface area (TPSA) is 85.4 Å². The van der Waals surface area contributed by atoms with Crippen LogP contribution in [-0.4, -0.2) is 12.8 Å². The summed E-state index contributed by atoms with van der Waals surface area (Å²) in [6, 6.07) is 6.72. The van der Waals surface area contributed by atoms with Crippen molar-refractivity contribution in [2.24, 2.45) is 5.73 Å². The number of anilines is 1. The Bertz CT molecular complexity index is 516. The summed E-state index contributed by atoms with van der Waals surface area (Å²) >= 11 is 0. The Hall–Kier alpha value is -2.27. The number of hydrogen-bond donors (Lipinski definition) is 2. The Morgan fingerprint density at radius 2 is 1.94 bits per heavy atom. The first-order valence-electron chi connectivity index (χ1n) is 5.49. The highest BCUT2D eigenvalue weighted by molar-refractivity contribution is 5.99. The number of allylic oxidation sites excluding steroid dienone is 4. The van der Waals surface area contributed by atoms with E-state index >= 15 is 0 Å². The third kappa shape index (κ3) is 2.70. The van der Waals surface area contributed by atoms with Gasteiger partial charge in [-0.25, -0.2) is 0 Å². The Balaban J connectivity index is 2.12. The third-order valence-electron chi connectivity index (χ3n) is 2.56. The largest absolute Gasteiger partial charge is 0.758 e. The SMILES string of the molecule is CN([O-])c1ccc(OC2=CC=C(N)CC2=N)cc1. The minimum absolute atomic E-state index is 0.347. The lowest BCUT2D eigenvalue weighted by Gasteiger charge is -2.24. The summed E-state index contributed by atoms with van der Waals surface area (Å²) < 4.78 is 5.57. The van der Waals surface area contributed by atoms with Crippen molar-refractivity contribution >= 4 is 11.4 Å². The van der Waals surface area contributed by atoms with Gasteiger partial charge in [-0.3, -0.25) is 0 Å². The van der Waals surface area contributed by atoms with Crippen LogP contribution in [0, 0.1) is 10.6 Å². The molecule has 0 bridgehead atoms. The Kier molecular flexibility index (Phi) is 3.34. The maximum absolute atomic E-state index is 11.0. The van der Waals surface area contributed by atoms with Gasteiger partial charge in [0.1, 0.15) is 11.5 Å². The van der Waals surface area contributed by atoms with E-state index in [2.05, 4.69) is 0 Å². The fraction of sp³-hybridized carbons (Fsp3) is 0.154. The molecule has 0 aliphatic heterocycles. The maximum atomic E-state index is 11.0. The quantitative estimate of drug-likeness (QED) is 0.798. The molecule has 5 nitrogen and oxygen atoms in total. The van der Waals surface area contributed by atoms with Crippen LogP contribution in [0.4, 0.5) is 5.69 Å². The first kappa shape index (κ1) is 12.2. The predicted molar refractivity (Wildman–Crippen MR) is 71.5 cm³/mol. The van der Waals surface area contributed by atoms with Crippen molar-refractivity contribution in [1.82, 2.24) is 0 Å². The molecule has 0 amide bonds. The van der Waals surface area contributed by atoms with Gasteiger partial charge in [0.2, 0.25) is 0 Å². The van der Waals surface area contributed by atoms with Crippen molar-refractivity contribution in [2.45, 2.75) is 6.42 Å². The smallest absolute Gasteiger partial charge is 0.148 e. The van der Waals surface area contributed by atoms with E-state index in [0.717, 1.165) is 5.06 Å². The lowest BCUT2D eigenvalue weighted by atomic mass is 10.1. The number of hydrogen-bond acceptors (Lipinski definition) is 5. The zero-order valence-electron chi connectivity index (χ0n) is 10.0. The molecule has 18 heavy (non-hydrogen) atoms.